The van der Waals surface area contributed by atoms with Crippen LogP contribution in [0.15, 0.2) is 89.8 Å². The van der Waals surface area contributed by atoms with Gasteiger partial charge in [0, 0.05) is 18.0 Å². The third kappa shape index (κ3) is 4.94. The first-order chi connectivity index (χ1) is 13.5. The summed E-state index contributed by atoms with van der Waals surface area (Å²) in [6.45, 7) is 2.08. The van der Waals surface area contributed by atoms with Crippen molar-refractivity contribution in [2.75, 3.05) is 6.54 Å². The fourth-order valence-electron chi connectivity index (χ4n) is 3.08. The van der Waals surface area contributed by atoms with Crippen molar-refractivity contribution in [2.24, 2.45) is 0 Å². The summed E-state index contributed by atoms with van der Waals surface area (Å²) in [5, 5.41) is 0. The minimum absolute atomic E-state index is 0.0127. The van der Waals surface area contributed by atoms with E-state index in [0.29, 0.717) is 12.0 Å². The molecule has 0 aromatic heterocycles. The number of aryl methyl sites for hydroxylation is 1. The molecule has 1 atom stereocenters. The van der Waals surface area contributed by atoms with Crippen molar-refractivity contribution in [1.82, 2.24) is 4.72 Å². The molecule has 1 N–H and O–H groups in total. The first kappa shape index (κ1) is 20.0. The van der Waals surface area contributed by atoms with Crippen molar-refractivity contribution in [1.29, 1.82) is 0 Å². The minimum atomic E-state index is -3.61. The SMILES string of the molecule is Cc1ccc(S(=O)(=O)NCCC(C(=O)c2ccccc2)c2ccccc2)cc1. The van der Waals surface area contributed by atoms with Gasteiger partial charge in [-0.05, 0) is 31.0 Å². The van der Waals surface area contributed by atoms with Gasteiger partial charge in [0.25, 0.3) is 0 Å². The lowest BCUT2D eigenvalue weighted by Gasteiger charge is -2.17. The van der Waals surface area contributed by atoms with Crippen LogP contribution in [0.4, 0.5) is 0 Å². The van der Waals surface area contributed by atoms with Crippen molar-refractivity contribution < 1.29 is 13.2 Å². The van der Waals surface area contributed by atoms with E-state index in [4.69, 9.17) is 0 Å². The topological polar surface area (TPSA) is 63.2 Å². The molecule has 0 bridgehead atoms. The van der Waals surface area contributed by atoms with E-state index >= 15 is 0 Å². The van der Waals surface area contributed by atoms with Gasteiger partial charge >= 0.3 is 0 Å². The molecular weight excluding hydrogens is 370 g/mol. The van der Waals surface area contributed by atoms with Crippen LogP contribution < -0.4 is 4.72 Å². The number of ketones is 1. The Hall–Kier alpha value is -2.76. The number of carbonyl (C=O) groups excluding carboxylic acids is 1. The smallest absolute Gasteiger partial charge is 0.240 e. The number of Topliss-reactive ketones (excluding diaryl/α,β-unsaturated/α-hetero) is 1. The number of hydrogen-bond acceptors (Lipinski definition) is 3. The summed E-state index contributed by atoms with van der Waals surface area (Å²) >= 11 is 0. The summed E-state index contributed by atoms with van der Waals surface area (Å²) in [4.78, 5) is 13.3. The normalized spacial score (nSPS) is 12.5. The monoisotopic (exact) mass is 393 g/mol. The first-order valence-electron chi connectivity index (χ1n) is 9.18. The molecule has 0 aliphatic heterocycles. The van der Waals surface area contributed by atoms with Crippen LogP contribution in [-0.2, 0) is 10.0 Å². The molecule has 5 heteroatoms. The Balaban J connectivity index is 1.75. The number of benzene rings is 3. The van der Waals surface area contributed by atoms with E-state index in [9.17, 15) is 13.2 Å². The Kier molecular flexibility index (Phi) is 6.39. The van der Waals surface area contributed by atoms with Gasteiger partial charge in [-0.15, -0.1) is 0 Å². The van der Waals surface area contributed by atoms with E-state index in [-0.39, 0.29) is 17.2 Å². The Bertz CT molecular complexity index is 1010. The van der Waals surface area contributed by atoms with Crippen LogP contribution in [0.25, 0.3) is 0 Å². The molecule has 0 aliphatic rings. The number of hydrogen-bond donors (Lipinski definition) is 1. The Morgan fingerprint density at radius 1 is 0.857 bits per heavy atom. The van der Waals surface area contributed by atoms with Gasteiger partial charge in [-0.2, -0.15) is 0 Å². The highest BCUT2D eigenvalue weighted by molar-refractivity contribution is 7.89. The second-order valence-electron chi connectivity index (χ2n) is 6.69. The number of sulfonamides is 1. The third-order valence-electron chi connectivity index (χ3n) is 4.63. The summed E-state index contributed by atoms with van der Waals surface area (Å²) in [7, 11) is -3.61. The highest BCUT2D eigenvalue weighted by Crippen LogP contribution is 2.24. The van der Waals surface area contributed by atoms with Crippen LogP contribution in [0.2, 0.25) is 0 Å². The molecule has 3 aromatic rings. The number of carbonyl (C=O) groups is 1. The predicted octanol–water partition coefficient (Wildman–Crippen LogP) is 4.33. The second kappa shape index (κ2) is 8.95. The van der Waals surface area contributed by atoms with E-state index in [2.05, 4.69) is 4.72 Å². The van der Waals surface area contributed by atoms with Gasteiger partial charge in [0.1, 0.15) is 0 Å². The summed E-state index contributed by atoms with van der Waals surface area (Å²) < 4.78 is 27.6. The van der Waals surface area contributed by atoms with E-state index in [1.165, 1.54) is 0 Å². The predicted molar refractivity (Wildman–Crippen MR) is 111 cm³/mol. The van der Waals surface area contributed by atoms with Gasteiger partial charge in [-0.3, -0.25) is 4.79 Å². The molecular formula is C23H23NO3S. The van der Waals surface area contributed by atoms with Crippen LogP contribution in [0.5, 0.6) is 0 Å². The highest BCUT2D eigenvalue weighted by Gasteiger charge is 2.23. The van der Waals surface area contributed by atoms with Gasteiger partial charge in [-0.25, -0.2) is 13.1 Å². The van der Waals surface area contributed by atoms with Crippen LogP contribution in [0.1, 0.15) is 33.8 Å². The summed E-state index contributed by atoms with van der Waals surface area (Å²) in [5.74, 6) is -0.425. The average Bonchev–Trinajstić information content (AvgIpc) is 2.72. The molecule has 0 spiro atoms. The molecule has 0 heterocycles. The molecule has 144 valence electrons. The molecule has 3 rings (SSSR count). The molecule has 0 fully saturated rings. The zero-order valence-electron chi connectivity index (χ0n) is 15.7. The van der Waals surface area contributed by atoms with Crippen LogP contribution in [-0.4, -0.2) is 20.7 Å². The fraction of sp³-hybridized carbons (Fsp3) is 0.174. The fourth-order valence-corrected chi connectivity index (χ4v) is 4.12. The molecule has 1 unspecified atom stereocenters. The summed E-state index contributed by atoms with van der Waals surface area (Å²) in [5.41, 5.74) is 2.50. The lowest BCUT2D eigenvalue weighted by Crippen LogP contribution is -2.27. The van der Waals surface area contributed by atoms with Gasteiger partial charge in [0.05, 0.1) is 4.90 Å². The van der Waals surface area contributed by atoms with Gasteiger partial charge < -0.3 is 0 Å². The lowest BCUT2D eigenvalue weighted by molar-refractivity contribution is 0.0955. The van der Waals surface area contributed by atoms with Crippen molar-refractivity contribution in [2.45, 2.75) is 24.2 Å². The van der Waals surface area contributed by atoms with Crippen molar-refractivity contribution >= 4 is 15.8 Å². The van der Waals surface area contributed by atoms with E-state index in [1.54, 1.807) is 36.4 Å². The number of rotatable bonds is 8. The maximum Gasteiger partial charge on any atom is 0.240 e. The Labute approximate surface area is 166 Å². The van der Waals surface area contributed by atoms with Crippen LogP contribution in [0, 0.1) is 6.92 Å². The van der Waals surface area contributed by atoms with Crippen molar-refractivity contribution in [3.8, 4) is 0 Å². The van der Waals surface area contributed by atoms with Gasteiger partial charge in [0.15, 0.2) is 5.78 Å². The molecule has 0 radical (unpaired) electrons. The lowest BCUT2D eigenvalue weighted by atomic mass is 9.88. The molecule has 28 heavy (non-hydrogen) atoms. The van der Waals surface area contributed by atoms with E-state index in [0.717, 1.165) is 11.1 Å². The maximum atomic E-state index is 13.0. The molecule has 0 saturated carbocycles. The molecule has 0 aliphatic carbocycles. The van der Waals surface area contributed by atoms with E-state index in [1.807, 2.05) is 55.5 Å². The summed E-state index contributed by atoms with van der Waals surface area (Å²) in [6.07, 6.45) is 0.378. The molecule has 4 nitrogen and oxygen atoms in total. The van der Waals surface area contributed by atoms with Crippen LogP contribution in [0.3, 0.4) is 0 Å². The Morgan fingerprint density at radius 3 is 2.04 bits per heavy atom. The standard InChI is InChI=1S/C23H23NO3S/c1-18-12-14-21(15-13-18)28(26,27)24-17-16-22(19-8-4-2-5-9-19)23(25)20-10-6-3-7-11-20/h2-15,22,24H,16-17H2,1H3. The van der Waals surface area contributed by atoms with E-state index < -0.39 is 15.9 Å². The maximum absolute atomic E-state index is 13.0. The average molecular weight is 394 g/mol. The van der Waals surface area contributed by atoms with Crippen LogP contribution >= 0.6 is 0 Å². The quantitative estimate of drug-likeness (QED) is 0.580. The first-order valence-corrected chi connectivity index (χ1v) is 10.7. The molecule has 0 saturated heterocycles. The van der Waals surface area contributed by atoms with Crippen molar-refractivity contribution in [3.05, 3.63) is 102 Å². The number of nitrogens with one attached hydrogen (secondary N) is 1. The second-order valence-corrected chi connectivity index (χ2v) is 8.46. The van der Waals surface area contributed by atoms with Crippen molar-refractivity contribution in [3.63, 3.8) is 0 Å². The highest BCUT2D eigenvalue weighted by atomic mass is 32.2. The third-order valence-corrected chi connectivity index (χ3v) is 6.11. The minimum Gasteiger partial charge on any atom is -0.293 e. The summed E-state index contributed by atoms with van der Waals surface area (Å²) in [6, 6.07) is 25.3. The molecule has 0 amide bonds. The molecule has 3 aromatic carbocycles. The van der Waals surface area contributed by atoms with Gasteiger partial charge in [-0.1, -0.05) is 78.4 Å². The van der Waals surface area contributed by atoms with Gasteiger partial charge in [0.2, 0.25) is 10.0 Å². The zero-order valence-corrected chi connectivity index (χ0v) is 16.5. The Morgan fingerprint density at radius 2 is 1.43 bits per heavy atom. The largest absolute Gasteiger partial charge is 0.293 e. The zero-order chi connectivity index (χ0) is 20.0.